The van der Waals surface area contributed by atoms with E-state index in [1.807, 2.05) is 13.8 Å². The molecule has 0 heterocycles. The minimum absolute atomic E-state index is 0.0322. The number of hydrogen-bond acceptors (Lipinski definition) is 2. The van der Waals surface area contributed by atoms with Crippen LogP contribution in [0.15, 0.2) is 0 Å². The molecule has 1 spiro atoms. The highest BCUT2D eigenvalue weighted by atomic mass is 79.9. The van der Waals surface area contributed by atoms with Gasteiger partial charge in [-0.2, -0.15) is 0 Å². The molecule has 0 aliphatic heterocycles. The SMILES string of the molecule is CCO[C@H](C)OC[C@@H]1C[C@@]12C[C@@H]2Br. The predicted octanol–water partition coefficient (Wildman–Crippen LogP) is 2.56. The molecular weight excluding hydrogens is 232 g/mol. The Bertz CT molecular complexity index is 197. The molecule has 0 aromatic heterocycles. The predicted molar refractivity (Wildman–Crippen MR) is 54.9 cm³/mol. The molecule has 2 fully saturated rings. The van der Waals surface area contributed by atoms with Gasteiger partial charge in [0.2, 0.25) is 0 Å². The van der Waals surface area contributed by atoms with Gasteiger partial charge in [-0.3, -0.25) is 0 Å². The third-order valence-corrected chi connectivity index (χ3v) is 4.47. The quantitative estimate of drug-likeness (QED) is 0.550. The van der Waals surface area contributed by atoms with Gasteiger partial charge < -0.3 is 9.47 Å². The second-order valence-electron chi connectivity index (χ2n) is 4.16. The lowest BCUT2D eigenvalue weighted by Crippen LogP contribution is -2.14. The standard InChI is InChI=1S/C10H17BrO2/c1-3-12-7(2)13-6-8-4-10(8)5-9(10)11/h7-9H,3-6H2,1-2H3/t7-,8-,9-,10+/m0/s1. The van der Waals surface area contributed by atoms with Crippen molar-refractivity contribution >= 4 is 15.9 Å². The fourth-order valence-corrected chi connectivity index (χ4v) is 3.23. The van der Waals surface area contributed by atoms with Gasteiger partial charge in [0.05, 0.1) is 6.61 Å². The van der Waals surface area contributed by atoms with Crippen molar-refractivity contribution in [2.45, 2.75) is 37.8 Å². The maximum Gasteiger partial charge on any atom is 0.154 e. The van der Waals surface area contributed by atoms with Crippen LogP contribution in [0.5, 0.6) is 0 Å². The van der Waals surface area contributed by atoms with Crippen molar-refractivity contribution in [1.82, 2.24) is 0 Å². The molecule has 4 atom stereocenters. The third kappa shape index (κ3) is 1.92. The van der Waals surface area contributed by atoms with Crippen molar-refractivity contribution in [2.24, 2.45) is 11.3 Å². The summed E-state index contributed by atoms with van der Waals surface area (Å²) in [6.45, 7) is 5.58. The minimum Gasteiger partial charge on any atom is -0.353 e. The lowest BCUT2D eigenvalue weighted by molar-refractivity contribution is -0.130. The summed E-state index contributed by atoms with van der Waals surface area (Å²) in [6, 6.07) is 0. The average Bonchev–Trinajstić information content (AvgIpc) is 2.92. The molecule has 2 aliphatic carbocycles. The third-order valence-electron chi connectivity index (χ3n) is 3.24. The summed E-state index contributed by atoms with van der Waals surface area (Å²) in [5.41, 5.74) is 0.645. The summed E-state index contributed by atoms with van der Waals surface area (Å²) in [5, 5.41) is 0. The van der Waals surface area contributed by atoms with Crippen molar-refractivity contribution in [3.63, 3.8) is 0 Å². The normalized spacial score (nSPS) is 43.6. The Kier molecular flexibility index (Phi) is 2.69. The van der Waals surface area contributed by atoms with E-state index >= 15 is 0 Å². The first-order valence-corrected chi connectivity index (χ1v) is 5.98. The van der Waals surface area contributed by atoms with E-state index in [-0.39, 0.29) is 6.29 Å². The van der Waals surface area contributed by atoms with E-state index in [4.69, 9.17) is 9.47 Å². The Balaban J connectivity index is 1.60. The number of alkyl halides is 1. The van der Waals surface area contributed by atoms with Gasteiger partial charge in [0.1, 0.15) is 0 Å². The molecule has 2 aliphatic rings. The highest BCUT2D eigenvalue weighted by Gasteiger charge is 2.69. The molecule has 0 bridgehead atoms. The molecule has 0 amide bonds. The number of halogens is 1. The summed E-state index contributed by atoms with van der Waals surface area (Å²) in [5.74, 6) is 0.791. The van der Waals surface area contributed by atoms with Crippen LogP contribution in [0.25, 0.3) is 0 Å². The zero-order valence-corrected chi connectivity index (χ0v) is 9.84. The molecular formula is C10H17BrO2. The smallest absolute Gasteiger partial charge is 0.154 e. The van der Waals surface area contributed by atoms with E-state index < -0.39 is 0 Å². The van der Waals surface area contributed by atoms with Crippen LogP contribution < -0.4 is 0 Å². The first-order valence-electron chi connectivity index (χ1n) is 5.06. The van der Waals surface area contributed by atoms with Gasteiger partial charge in [-0.05, 0) is 38.0 Å². The molecule has 2 saturated carbocycles. The lowest BCUT2D eigenvalue weighted by atomic mass is 10.3. The van der Waals surface area contributed by atoms with Gasteiger partial charge in [-0.1, -0.05) is 15.9 Å². The Morgan fingerprint density at radius 2 is 2.15 bits per heavy atom. The molecule has 0 aromatic carbocycles. The molecule has 0 N–H and O–H groups in total. The van der Waals surface area contributed by atoms with Crippen LogP contribution in [0.2, 0.25) is 0 Å². The highest BCUT2D eigenvalue weighted by Crippen LogP contribution is 2.73. The largest absolute Gasteiger partial charge is 0.353 e. The van der Waals surface area contributed by atoms with Gasteiger partial charge in [-0.25, -0.2) is 0 Å². The summed E-state index contributed by atoms with van der Waals surface area (Å²) < 4.78 is 10.9. The Morgan fingerprint density at radius 1 is 1.46 bits per heavy atom. The number of hydrogen-bond donors (Lipinski definition) is 0. The Hall–Kier alpha value is 0.400. The Morgan fingerprint density at radius 3 is 2.62 bits per heavy atom. The van der Waals surface area contributed by atoms with Gasteiger partial charge >= 0.3 is 0 Å². The summed E-state index contributed by atoms with van der Waals surface area (Å²) >= 11 is 3.66. The lowest BCUT2D eigenvalue weighted by Gasteiger charge is -2.12. The number of ether oxygens (including phenoxy) is 2. The van der Waals surface area contributed by atoms with E-state index in [1.54, 1.807) is 0 Å². The van der Waals surface area contributed by atoms with Crippen molar-refractivity contribution < 1.29 is 9.47 Å². The molecule has 13 heavy (non-hydrogen) atoms. The van der Waals surface area contributed by atoms with Crippen LogP contribution in [0.1, 0.15) is 26.7 Å². The zero-order valence-electron chi connectivity index (χ0n) is 8.25. The first-order chi connectivity index (χ1) is 6.19. The zero-order chi connectivity index (χ0) is 9.47. The first kappa shape index (κ1) is 9.94. The maximum absolute atomic E-state index is 5.59. The van der Waals surface area contributed by atoms with Crippen LogP contribution in [-0.2, 0) is 9.47 Å². The molecule has 0 saturated heterocycles. The van der Waals surface area contributed by atoms with Crippen LogP contribution in [0.3, 0.4) is 0 Å². The average molecular weight is 249 g/mol. The van der Waals surface area contributed by atoms with Gasteiger partial charge in [-0.15, -0.1) is 0 Å². The van der Waals surface area contributed by atoms with E-state index in [0.29, 0.717) is 5.41 Å². The highest BCUT2D eigenvalue weighted by molar-refractivity contribution is 9.09. The fraction of sp³-hybridized carbons (Fsp3) is 1.00. The molecule has 76 valence electrons. The van der Waals surface area contributed by atoms with E-state index in [2.05, 4.69) is 15.9 Å². The van der Waals surface area contributed by atoms with Crippen LogP contribution >= 0.6 is 15.9 Å². The van der Waals surface area contributed by atoms with Gasteiger partial charge in [0.25, 0.3) is 0 Å². The minimum atomic E-state index is -0.0322. The van der Waals surface area contributed by atoms with Crippen LogP contribution in [-0.4, -0.2) is 24.3 Å². The van der Waals surface area contributed by atoms with Gasteiger partial charge in [0.15, 0.2) is 6.29 Å². The van der Waals surface area contributed by atoms with Crippen molar-refractivity contribution in [1.29, 1.82) is 0 Å². The van der Waals surface area contributed by atoms with Gasteiger partial charge in [0, 0.05) is 11.4 Å². The fourth-order valence-electron chi connectivity index (χ4n) is 2.07. The second kappa shape index (κ2) is 3.52. The topological polar surface area (TPSA) is 18.5 Å². The van der Waals surface area contributed by atoms with Crippen molar-refractivity contribution in [3.8, 4) is 0 Å². The van der Waals surface area contributed by atoms with E-state index in [1.165, 1.54) is 12.8 Å². The summed E-state index contributed by atoms with van der Waals surface area (Å²) in [6.07, 6.45) is 2.67. The van der Waals surface area contributed by atoms with E-state index in [9.17, 15) is 0 Å². The van der Waals surface area contributed by atoms with Crippen LogP contribution in [0.4, 0.5) is 0 Å². The summed E-state index contributed by atoms with van der Waals surface area (Å²) in [4.78, 5) is 0.774. The van der Waals surface area contributed by atoms with E-state index in [0.717, 1.165) is 24.0 Å². The molecule has 2 nitrogen and oxygen atoms in total. The Labute approximate surface area is 88.1 Å². The van der Waals surface area contributed by atoms with Crippen molar-refractivity contribution in [3.05, 3.63) is 0 Å². The molecule has 0 unspecified atom stereocenters. The number of rotatable bonds is 5. The van der Waals surface area contributed by atoms with Crippen LogP contribution in [0, 0.1) is 11.3 Å². The second-order valence-corrected chi connectivity index (χ2v) is 5.27. The summed E-state index contributed by atoms with van der Waals surface area (Å²) in [7, 11) is 0. The molecule has 2 rings (SSSR count). The maximum atomic E-state index is 5.59. The monoisotopic (exact) mass is 248 g/mol. The van der Waals surface area contributed by atoms with Crippen molar-refractivity contribution in [2.75, 3.05) is 13.2 Å². The molecule has 0 radical (unpaired) electrons. The molecule has 3 heteroatoms. The molecule has 0 aromatic rings.